The third-order valence-corrected chi connectivity index (χ3v) is 19.0. The zero-order chi connectivity index (χ0) is 55.3. The van der Waals surface area contributed by atoms with Crippen LogP contribution in [0.3, 0.4) is 0 Å². The molecule has 4 amide bonds. The highest BCUT2D eigenvalue weighted by Gasteiger charge is 2.39. The summed E-state index contributed by atoms with van der Waals surface area (Å²) in [5, 5.41) is 5.89. The first-order chi connectivity index (χ1) is 37.5. The maximum absolute atomic E-state index is 14.2. The van der Waals surface area contributed by atoms with Crippen LogP contribution in [0.15, 0.2) is 91.0 Å². The number of carbonyl (C=O) groups is 6. The van der Waals surface area contributed by atoms with Crippen LogP contribution in [0.4, 0.5) is 17.1 Å². The van der Waals surface area contributed by atoms with Gasteiger partial charge >= 0.3 is 0 Å². The molecule has 78 heavy (non-hydrogen) atoms. The molecule has 410 valence electrons. The van der Waals surface area contributed by atoms with Gasteiger partial charge in [-0.15, -0.1) is 0 Å². The van der Waals surface area contributed by atoms with E-state index in [4.69, 9.17) is 14.2 Å². The van der Waals surface area contributed by atoms with Crippen LogP contribution in [0.25, 0.3) is 0 Å². The van der Waals surface area contributed by atoms with E-state index in [1.165, 1.54) is 11.1 Å². The molecule has 0 radical (unpaired) electrons. The molecule has 0 saturated carbocycles. The number of para-hydroxylation sites is 2. The van der Waals surface area contributed by atoms with Crippen molar-refractivity contribution in [2.45, 2.75) is 155 Å². The van der Waals surface area contributed by atoms with Gasteiger partial charge < -0.3 is 34.6 Å². The first-order valence-electron chi connectivity index (χ1n) is 27.5. The van der Waals surface area contributed by atoms with E-state index in [0.29, 0.717) is 59.7 Å². The van der Waals surface area contributed by atoms with Crippen molar-refractivity contribution in [2.24, 2.45) is 5.92 Å². The second-order valence-electron chi connectivity index (χ2n) is 22.0. The Labute approximate surface area is 466 Å². The van der Waals surface area contributed by atoms with Gasteiger partial charge in [0.05, 0.1) is 13.2 Å². The number of fused-ring (bicyclic) bond motifs is 8. The molecule has 2 N–H and O–H groups in total. The summed E-state index contributed by atoms with van der Waals surface area (Å²) in [4.78, 5) is 84.3. The number of ketones is 2. The summed E-state index contributed by atoms with van der Waals surface area (Å²) < 4.78 is 18.8. The van der Waals surface area contributed by atoms with Gasteiger partial charge in [0.25, 0.3) is 11.8 Å². The third-order valence-electron chi connectivity index (χ3n) is 15.6. The largest absolute Gasteiger partial charge is 0.493 e. The van der Waals surface area contributed by atoms with Crippen molar-refractivity contribution in [2.75, 3.05) is 28.0 Å². The van der Waals surface area contributed by atoms with Crippen LogP contribution < -0.4 is 34.6 Å². The SMILES string of the molecule is CCC(=O)CCCSSC(C)(C)CCC(=O)N[C@@H](C)C(=O)C[C@H](C)C(=O)Nc1cc(COc2cc3c(cc2C)C(=O)N2c4ccccc4C[C@H]2CC3)cc(COc2cc3c(cc2OC)C(=O)N2c4ccccc4C[C@H]2CC3)c1. The van der Waals surface area contributed by atoms with E-state index in [-0.39, 0.29) is 78.1 Å². The average molecular weight is 1090 g/mol. The van der Waals surface area contributed by atoms with Gasteiger partial charge in [-0.3, -0.25) is 28.8 Å². The van der Waals surface area contributed by atoms with E-state index < -0.39 is 12.0 Å². The fourth-order valence-electron chi connectivity index (χ4n) is 11.1. The standard InChI is InChI=1S/C63H72N4O9S2/c1-8-50(68)16-13-25-77-78-63(5,6)24-23-59(70)64-40(4)55(69)27-39(3)60(71)65-47-29-41(36-75-56-33-43-19-21-48-31-45-14-9-11-17-53(45)66(48)61(72)51(43)26-38(56)2)28-42(30-47)37-76-58-34-44-20-22-49-32-46-15-10-12-18-54(46)67(49)62(73)52(44)35-57(58)74-7/h9-12,14-15,17-18,26,28-30,33-35,39-40,48-49H,8,13,16,19-25,27,31-32,36-37H2,1-7H3,(H,64,70)(H,65,71)/t39-,40-,48+,49+/m0/s1. The van der Waals surface area contributed by atoms with Crippen molar-refractivity contribution in [1.82, 2.24) is 5.32 Å². The van der Waals surface area contributed by atoms with Gasteiger partial charge in [-0.2, -0.15) is 0 Å². The molecular weight excluding hydrogens is 1020 g/mol. The lowest BCUT2D eigenvalue weighted by atomic mass is 9.98. The Kier molecular flexibility index (Phi) is 17.7. The first kappa shape index (κ1) is 56.2. The van der Waals surface area contributed by atoms with Gasteiger partial charge in [0, 0.05) is 82.4 Å². The van der Waals surface area contributed by atoms with Gasteiger partial charge in [0.15, 0.2) is 17.3 Å². The molecule has 13 nitrogen and oxygen atoms in total. The number of ether oxygens (including phenoxy) is 3. The predicted octanol–water partition coefficient (Wildman–Crippen LogP) is 11.9. The minimum atomic E-state index is -0.779. The molecule has 0 aliphatic carbocycles. The molecule has 5 aromatic carbocycles. The molecule has 0 aromatic heterocycles. The van der Waals surface area contributed by atoms with Crippen molar-refractivity contribution < 1.29 is 43.0 Å². The lowest BCUT2D eigenvalue weighted by molar-refractivity contribution is -0.129. The number of benzene rings is 5. The predicted molar refractivity (Wildman–Crippen MR) is 310 cm³/mol. The van der Waals surface area contributed by atoms with Crippen LogP contribution in [0.2, 0.25) is 0 Å². The molecule has 0 bridgehead atoms. The average Bonchev–Trinajstić information content (AvgIpc) is 3.99. The fourth-order valence-corrected chi connectivity index (χ4v) is 13.8. The molecule has 0 unspecified atom stereocenters. The normalized spacial score (nSPS) is 17.0. The Morgan fingerprint density at radius 2 is 1.31 bits per heavy atom. The zero-order valence-electron chi connectivity index (χ0n) is 46.0. The highest BCUT2D eigenvalue weighted by Crippen LogP contribution is 2.43. The van der Waals surface area contributed by atoms with Gasteiger partial charge in [-0.25, -0.2) is 0 Å². The van der Waals surface area contributed by atoms with Crippen molar-refractivity contribution in [1.29, 1.82) is 0 Å². The summed E-state index contributed by atoms with van der Waals surface area (Å²) >= 11 is 0. The van der Waals surface area contributed by atoms with Crippen molar-refractivity contribution in [3.05, 3.63) is 141 Å². The maximum Gasteiger partial charge on any atom is 0.258 e. The van der Waals surface area contributed by atoms with Gasteiger partial charge in [-0.05, 0) is 173 Å². The first-order valence-corrected chi connectivity index (χ1v) is 29.8. The summed E-state index contributed by atoms with van der Waals surface area (Å²) in [6.45, 7) is 11.6. The summed E-state index contributed by atoms with van der Waals surface area (Å²) in [5.41, 5.74) is 10.2. The van der Waals surface area contributed by atoms with Crippen LogP contribution in [0.1, 0.15) is 146 Å². The quantitative estimate of drug-likeness (QED) is 0.0473. The number of methoxy groups -OCH3 is 1. The van der Waals surface area contributed by atoms with Crippen LogP contribution >= 0.6 is 21.6 Å². The number of nitrogens with one attached hydrogen (secondary N) is 2. The molecule has 0 spiro atoms. The Hall–Kier alpha value is -6.58. The Morgan fingerprint density at radius 3 is 1.91 bits per heavy atom. The number of hydrogen-bond acceptors (Lipinski definition) is 11. The summed E-state index contributed by atoms with van der Waals surface area (Å²) in [5.74, 6) is 1.10. The summed E-state index contributed by atoms with van der Waals surface area (Å²) in [6, 6.07) is 28.9. The van der Waals surface area contributed by atoms with E-state index in [1.54, 1.807) is 48.6 Å². The Bertz CT molecular complexity index is 3120. The third kappa shape index (κ3) is 12.9. The topological polar surface area (TPSA) is 161 Å². The van der Waals surface area contributed by atoms with Gasteiger partial charge in [0.1, 0.15) is 24.7 Å². The number of amides is 4. The highest BCUT2D eigenvalue weighted by molar-refractivity contribution is 8.77. The van der Waals surface area contributed by atoms with Gasteiger partial charge in [-0.1, -0.05) is 71.8 Å². The number of anilines is 3. The molecule has 0 fully saturated rings. The molecule has 9 rings (SSSR count). The van der Waals surface area contributed by atoms with E-state index in [1.807, 2.05) is 96.4 Å². The Balaban J connectivity index is 0.881. The van der Waals surface area contributed by atoms with Crippen molar-refractivity contribution in [3.8, 4) is 17.2 Å². The molecule has 0 saturated heterocycles. The summed E-state index contributed by atoms with van der Waals surface area (Å²) in [7, 11) is 4.98. The number of hydrogen-bond donors (Lipinski definition) is 2. The van der Waals surface area contributed by atoms with Crippen LogP contribution in [-0.2, 0) is 58.1 Å². The van der Waals surface area contributed by atoms with Gasteiger partial charge in [0.2, 0.25) is 11.8 Å². The smallest absolute Gasteiger partial charge is 0.258 e. The fraction of sp³-hybridized carbons (Fsp3) is 0.429. The molecule has 5 aromatic rings. The maximum atomic E-state index is 14.2. The molecular formula is C63H72N4O9S2. The van der Waals surface area contributed by atoms with E-state index in [2.05, 4.69) is 36.6 Å². The van der Waals surface area contributed by atoms with E-state index in [9.17, 15) is 28.8 Å². The second kappa shape index (κ2) is 24.6. The zero-order valence-corrected chi connectivity index (χ0v) is 47.6. The number of Topliss-reactive ketones (excluding diaryl/α,β-unsaturated/α-hetero) is 2. The van der Waals surface area contributed by atoms with Crippen molar-refractivity contribution >= 4 is 73.8 Å². The molecule has 4 aliphatic rings. The molecule has 4 aliphatic heterocycles. The molecule has 4 heterocycles. The lowest BCUT2D eigenvalue weighted by Crippen LogP contribution is -2.40. The number of nitrogens with zero attached hydrogens (tertiary/aromatic N) is 2. The van der Waals surface area contributed by atoms with Crippen LogP contribution in [0, 0.1) is 12.8 Å². The monoisotopic (exact) mass is 1090 g/mol. The minimum Gasteiger partial charge on any atom is -0.493 e. The van der Waals surface area contributed by atoms with E-state index in [0.717, 1.165) is 83.5 Å². The van der Waals surface area contributed by atoms with Crippen molar-refractivity contribution in [3.63, 3.8) is 0 Å². The number of rotatable bonds is 23. The summed E-state index contributed by atoms with van der Waals surface area (Å²) in [6.07, 6.45) is 7.48. The van der Waals surface area contributed by atoms with Crippen LogP contribution in [-0.4, -0.2) is 70.9 Å². The number of aryl methyl sites for hydroxylation is 3. The Morgan fingerprint density at radius 1 is 0.731 bits per heavy atom. The van der Waals surface area contributed by atoms with Crippen LogP contribution in [0.5, 0.6) is 17.2 Å². The molecule has 15 heteroatoms. The number of carbonyl (C=O) groups excluding carboxylic acids is 6. The minimum absolute atomic E-state index is 0.00796. The van der Waals surface area contributed by atoms with E-state index >= 15 is 0 Å². The highest BCUT2D eigenvalue weighted by atomic mass is 33.1. The molecule has 4 atom stereocenters. The second-order valence-corrected chi connectivity index (χ2v) is 25.1. The lowest BCUT2D eigenvalue weighted by Gasteiger charge is -2.23.